The van der Waals surface area contributed by atoms with E-state index in [0.717, 1.165) is 5.56 Å². The van der Waals surface area contributed by atoms with Gasteiger partial charge in [0.2, 0.25) is 0 Å². The average Bonchev–Trinajstić information content (AvgIpc) is 2.54. The first kappa shape index (κ1) is 19.2. The maximum atomic E-state index is 12.2. The predicted octanol–water partition coefficient (Wildman–Crippen LogP) is 2.78. The fourth-order valence-electron chi connectivity index (χ4n) is 2.44. The normalized spacial score (nSPS) is 12.0. The molecule has 1 aromatic carbocycles. The molecule has 0 amide bonds. The summed E-state index contributed by atoms with van der Waals surface area (Å²) in [5.41, 5.74) is 1.10. The maximum Gasteiger partial charge on any atom is 0.323 e. The number of esters is 2. The average molecular weight is 321 g/mol. The molecule has 23 heavy (non-hydrogen) atoms. The van der Waals surface area contributed by atoms with Crippen LogP contribution in [-0.2, 0) is 25.6 Å². The second-order valence-electron chi connectivity index (χ2n) is 5.19. The van der Waals surface area contributed by atoms with Crippen molar-refractivity contribution in [2.45, 2.75) is 46.2 Å². The van der Waals surface area contributed by atoms with Gasteiger partial charge < -0.3 is 9.47 Å². The lowest BCUT2D eigenvalue weighted by Gasteiger charge is -2.29. The van der Waals surface area contributed by atoms with Gasteiger partial charge in [-0.05, 0) is 25.8 Å². The molecule has 0 aliphatic heterocycles. The molecule has 1 rings (SSSR count). The van der Waals surface area contributed by atoms with E-state index < -0.39 is 0 Å². The van der Waals surface area contributed by atoms with Crippen molar-refractivity contribution in [1.29, 1.82) is 0 Å². The summed E-state index contributed by atoms with van der Waals surface area (Å²) in [4.78, 5) is 25.8. The lowest BCUT2D eigenvalue weighted by Crippen LogP contribution is -2.42. The molecule has 0 saturated heterocycles. The third-order valence-corrected chi connectivity index (χ3v) is 3.52. The van der Waals surface area contributed by atoms with Crippen molar-refractivity contribution in [3.63, 3.8) is 0 Å². The van der Waals surface area contributed by atoms with E-state index in [1.54, 1.807) is 13.8 Å². The highest BCUT2D eigenvalue weighted by atomic mass is 16.5. The molecular formula is C18H27NO4. The molecule has 5 heteroatoms. The van der Waals surface area contributed by atoms with Crippen molar-refractivity contribution in [3.05, 3.63) is 35.9 Å². The second kappa shape index (κ2) is 10.8. The van der Waals surface area contributed by atoms with Gasteiger partial charge in [-0.3, -0.25) is 14.5 Å². The molecule has 0 aliphatic rings. The van der Waals surface area contributed by atoms with Gasteiger partial charge in [0, 0.05) is 13.1 Å². The first-order valence-electron chi connectivity index (χ1n) is 8.22. The van der Waals surface area contributed by atoms with E-state index in [2.05, 4.69) is 0 Å². The van der Waals surface area contributed by atoms with E-state index in [1.807, 2.05) is 42.2 Å². The van der Waals surface area contributed by atoms with Crippen LogP contribution >= 0.6 is 0 Å². The smallest absolute Gasteiger partial charge is 0.323 e. The standard InChI is InChI=1S/C18H27NO4/c1-4-16(18(21)23-6-3)19(13-12-17(20)22-5-2)14-15-10-8-7-9-11-15/h7-11,16H,4-6,12-14H2,1-3H3. The highest BCUT2D eigenvalue weighted by Crippen LogP contribution is 2.13. The molecule has 1 unspecified atom stereocenters. The highest BCUT2D eigenvalue weighted by Gasteiger charge is 2.26. The minimum atomic E-state index is -0.357. The first-order chi connectivity index (χ1) is 11.1. The van der Waals surface area contributed by atoms with E-state index in [0.29, 0.717) is 32.7 Å². The summed E-state index contributed by atoms with van der Waals surface area (Å²) < 4.78 is 10.2. The summed E-state index contributed by atoms with van der Waals surface area (Å²) in [6.45, 7) is 7.31. The van der Waals surface area contributed by atoms with Crippen LogP contribution in [0.2, 0.25) is 0 Å². The molecule has 5 nitrogen and oxygen atoms in total. The van der Waals surface area contributed by atoms with E-state index in [4.69, 9.17) is 9.47 Å². The first-order valence-corrected chi connectivity index (χ1v) is 8.22. The van der Waals surface area contributed by atoms with Crippen LogP contribution in [0.15, 0.2) is 30.3 Å². The largest absolute Gasteiger partial charge is 0.466 e. The van der Waals surface area contributed by atoms with Gasteiger partial charge in [0.1, 0.15) is 6.04 Å². The minimum absolute atomic E-state index is 0.241. The summed E-state index contributed by atoms with van der Waals surface area (Å²) in [5.74, 6) is -0.487. The number of hydrogen-bond acceptors (Lipinski definition) is 5. The van der Waals surface area contributed by atoms with Crippen molar-refractivity contribution in [1.82, 2.24) is 4.90 Å². The minimum Gasteiger partial charge on any atom is -0.466 e. The van der Waals surface area contributed by atoms with Crippen LogP contribution in [0.4, 0.5) is 0 Å². The lowest BCUT2D eigenvalue weighted by molar-refractivity contribution is -0.151. The van der Waals surface area contributed by atoms with Crippen molar-refractivity contribution < 1.29 is 19.1 Å². The Kier molecular flexibility index (Phi) is 8.98. The summed E-state index contributed by atoms with van der Waals surface area (Å²) in [5, 5.41) is 0. The summed E-state index contributed by atoms with van der Waals surface area (Å²) in [6.07, 6.45) is 0.894. The van der Waals surface area contributed by atoms with Gasteiger partial charge in [-0.1, -0.05) is 37.3 Å². The topological polar surface area (TPSA) is 55.8 Å². The maximum absolute atomic E-state index is 12.2. The third-order valence-electron chi connectivity index (χ3n) is 3.52. The van der Waals surface area contributed by atoms with Gasteiger partial charge in [0.05, 0.1) is 19.6 Å². The fourth-order valence-corrected chi connectivity index (χ4v) is 2.44. The summed E-state index contributed by atoms with van der Waals surface area (Å²) >= 11 is 0. The Labute approximate surface area is 138 Å². The van der Waals surface area contributed by atoms with E-state index in [9.17, 15) is 9.59 Å². The number of benzene rings is 1. The van der Waals surface area contributed by atoms with Crippen molar-refractivity contribution in [2.24, 2.45) is 0 Å². The molecule has 0 heterocycles. The van der Waals surface area contributed by atoms with Crippen molar-refractivity contribution in [3.8, 4) is 0 Å². The number of carbonyl (C=O) groups is 2. The van der Waals surface area contributed by atoms with Crippen LogP contribution in [0.1, 0.15) is 39.2 Å². The molecule has 1 atom stereocenters. The highest BCUT2D eigenvalue weighted by molar-refractivity contribution is 5.76. The number of nitrogens with zero attached hydrogens (tertiary/aromatic N) is 1. The zero-order valence-corrected chi connectivity index (χ0v) is 14.3. The molecule has 0 bridgehead atoms. The van der Waals surface area contributed by atoms with Crippen LogP contribution < -0.4 is 0 Å². The van der Waals surface area contributed by atoms with Crippen LogP contribution in [0.3, 0.4) is 0 Å². The Morgan fingerprint density at radius 1 is 1.04 bits per heavy atom. The molecule has 0 spiro atoms. The summed E-state index contributed by atoms with van der Waals surface area (Å²) in [7, 11) is 0. The van der Waals surface area contributed by atoms with Crippen LogP contribution in [0, 0.1) is 0 Å². The molecule has 0 fully saturated rings. The van der Waals surface area contributed by atoms with Gasteiger partial charge in [-0.25, -0.2) is 0 Å². The molecular weight excluding hydrogens is 294 g/mol. The molecule has 1 aromatic rings. The Bertz CT molecular complexity index is 475. The Hall–Kier alpha value is -1.88. The summed E-state index contributed by atoms with van der Waals surface area (Å²) in [6, 6.07) is 9.54. The molecule has 0 N–H and O–H groups in total. The SMILES string of the molecule is CCOC(=O)CCN(Cc1ccccc1)C(CC)C(=O)OCC. The van der Waals surface area contributed by atoms with Crippen LogP contribution in [-0.4, -0.2) is 42.6 Å². The zero-order valence-electron chi connectivity index (χ0n) is 14.3. The van der Waals surface area contributed by atoms with Gasteiger partial charge >= 0.3 is 11.9 Å². The molecule has 0 aromatic heterocycles. The van der Waals surface area contributed by atoms with Gasteiger partial charge in [-0.15, -0.1) is 0 Å². The molecule has 128 valence electrons. The number of rotatable bonds is 10. The lowest BCUT2D eigenvalue weighted by atomic mass is 10.1. The molecule has 0 aliphatic carbocycles. The Balaban J connectivity index is 2.81. The van der Waals surface area contributed by atoms with E-state index in [-0.39, 0.29) is 24.4 Å². The van der Waals surface area contributed by atoms with Crippen LogP contribution in [0.25, 0.3) is 0 Å². The third kappa shape index (κ3) is 6.82. The molecule has 0 saturated carbocycles. The van der Waals surface area contributed by atoms with E-state index >= 15 is 0 Å². The fraction of sp³-hybridized carbons (Fsp3) is 0.556. The zero-order chi connectivity index (χ0) is 17.1. The Morgan fingerprint density at radius 3 is 2.26 bits per heavy atom. The number of carbonyl (C=O) groups excluding carboxylic acids is 2. The quantitative estimate of drug-likeness (QED) is 0.620. The second-order valence-corrected chi connectivity index (χ2v) is 5.19. The molecule has 0 radical (unpaired) electrons. The Morgan fingerprint density at radius 2 is 1.70 bits per heavy atom. The predicted molar refractivity (Wildman–Crippen MR) is 88.8 cm³/mol. The number of ether oxygens (including phenoxy) is 2. The van der Waals surface area contributed by atoms with Crippen molar-refractivity contribution in [2.75, 3.05) is 19.8 Å². The number of hydrogen-bond donors (Lipinski definition) is 0. The van der Waals surface area contributed by atoms with Crippen molar-refractivity contribution >= 4 is 11.9 Å². The van der Waals surface area contributed by atoms with E-state index in [1.165, 1.54) is 0 Å². The van der Waals surface area contributed by atoms with Crippen LogP contribution in [0.5, 0.6) is 0 Å². The van der Waals surface area contributed by atoms with Gasteiger partial charge in [0.15, 0.2) is 0 Å². The van der Waals surface area contributed by atoms with Gasteiger partial charge in [-0.2, -0.15) is 0 Å². The van der Waals surface area contributed by atoms with Gasteiger partial charge in [0.25, 0.3) is 0 Å². The monoisotopic (exact) mass is 321 g/mol.